The SMILES string of the molecule is COc1ccc(N(C)CCCC(=O)O)c(OC)c1C. The number of aliphatic carboxylic acids is 1. The fourth-order valence-electron chi connectivity index (χ4n) is 2.03. The standard InChI is InChI=1S/C14H21NO4/c1-10-12(18-3)8-7-11(14(10)19-4)15(2)9-5-6-13(16)17/h7-8H,5-6,9H2,1-4H3,(H,16,17). The van der Waals surface area contributed by atoms with Gasteiger partial charge in [-0.3, -0.25) is 4.79 Å². The lowest BCUT2D eigenvalue weighted by atomic mass is 10.1. The third kappa shape index (κ3) is 3.77. The number of anilines is 1. The van der Waals surface area contributed by atoms with Crippen LogP contribution in [0.4, 0.5) is 5.69 Å². The van der Waals surface area contributed by atoms with Gasteiger partial charge >= 0.3 is 5.97 Å². The minimum absolute atomic E-state index is 0.168. The van der Waals surface area contributed by atoms with Crippen molar-refractivity contribution in [3.8, 4) is 11.5 Å². The maximum Gasteiger partial charge on any atom is 0.303 e. The van der Waals surface area contributed by atoms with Crippen molar-refractivity contribution in [2.45, 2.75) is 19.8 Å². The van der Waals surface area contributed by atoms with E-state index >= 15 is 0 Å². The van der Waals surface area contributed by atoms with Crippen molar-refractivity contribution in [3.63, 3.8) is 0 Å². The molecule has 0 fully saturated rings. The molecule has 0 amide bonds. The molecule has 1 rings (SSSR count). The maximum atomic E-state index is 10.5. The predicted octanol–water partition coefficient (Wildman–Crippen LogP) is 2.31. The third-order valence-corrected chi connectivity index (χ3v) is 3.05. The second kappa shape index (κ2) is 6.87. The summed E-state index contributed by atoms with van der Waals surface area (Å²) in [7, 11) is 5.17. The van der Waals surface area contributed by atoms with Crippen LogP contribution in [0.1, 0.15) is 18.4 Å². The van der Waals surface area contributed by atoms with Crippen LogP contribution < -0.4 is 14.4 Å². The van der Waals surface area contributed by atoms with Crippen LogP contribution in [-0.2, 0) is 4.79 Å². The van der Waals surface area contributed by atoms with Crippen LogP contribution in [0.15, 0.2) is 12.1 Å². The summed E-state index contributed by atoms with van der Waals surface area (Å²) in [6.07, 6.45) is 0.766. The molecule has 0 aliphatic rings. The van der Waals surface area contributed by atoms with Crippen molar-refractivity contribution in [2.75, 3.05) is 32.7 Å². The molecule has 1 aromatic rings. The first kappa shape index (κ1) is 15.1. The Kier molecular flexibility index (Phi) is 5.48. The average Bonchev–Trinajstić information content (AvgIpc) is 2.37. The summed E-state index contributed by atoms with van der Waals surface area (Å²) in [6, 6.07) is 3.81. The average molecular weight is 267 g/mol. The molecule has 106 valence electrons. The number of carboxylic acid groups (broad SMARTS) is 1. The third-order valence-electron chi connectivity index (χ3n) is 3.05. The smallest absolute Gasteiger partial charge is 0.303 e. The lowest BCUT2D eigenvalue weighted by Crippen LogP contribution is -2.20. The molecule has 0 atom stereocenters. The van der Waals surface area contributed by atoms with Gasteiger partial charge in [0.2, 0.25) is 0 Å². The number of hydrogen-bond donors (Lipinski definition) is 1. The van der Waals surface area contributed by atoms with Crippen LogP contribution >= 0.6 is 0 Å². The minimum Gasteiger partial charge on any atom is -0.496 e. The zero-order valence-electron chi connectivity index (χ0n) is 11.9. The van der Waals surface area contributed by atoms with Crippen molar-refractivity contribution in [2.24, 2.45) is 0 Å². The van der Waals surface area contributed by atoms with Crippen LogP contribution in [0.3, 0.4) is 0 Å². The van der Waals surface area contributed by atoms with Gasteiger partial charge in [-0.15, -0.1) is 0 Å². The Bertz CT molecular complexity index is 445. The van der Waals surface area contributed by atoms with Crippen LogP contribution in [0.25, 0.3) is 0 Å². The van der Waals surface area contributed by atoms with Crippen molar-refractivity contribution < 1.29 is 19.4 Å². The zero-order chi connectivity index (χ0) is 14.4. The Morgan fingerprint density at radius 1 is 1.32 bits per heavy atom. The van der Waals surface area contributed by atoms with Crippen molar-refractivity contribution in [3.05, 3.63) is 17.7 Å². The molecule has 5 heteroatoms. The van der Waals surface area contributed by atoms with Crippen molar-refractivity contribution in [1.29, 1.82) is 0 Å². The summed E-state index contributed by atoms with van der Waals surface area (Å²) >= 11 is 0. The Morgan fingerprint density at radius 2 is 2.00 bits per heavy atom. The van der Waals surface area contributed by atoms with Crippen molar-refractivity contribution >= 4 is 11.7 Å². The summed E-state index contributed by atoms with van der Waals surface area (Å²) in [6.45, 7) is 2.60. The first-order valence-electron chi connectivity index (χ1n) is 6.15. The molecule has 0 spiro atoms. The Labute approximate surface area is 113 Å². The van der Waals surface area contributed by atoms with E-state index < -0.39 is 5.97 Å². The Balaban J connectivity index is 2.87. The number of ether oxygens (including phenoxy) is 2. The van der Waals surface area contributed by atoms with E-state index in [9.17, 15) is 4.79 Å². The highest BCUT2D eigenvalue weighted by atomic mass is 16.5. The predicted molar refractivity (Wildman–Crippen MR) is 74.4 cm³/mol. The normalized spacial score (nSPS) is 10.1. The van der Waals surface area contributed by atoms with Gasteiger partial charge in [0, 0.05) is 25.6 Å². The first-order valence-corrected chi connectivity index (χ1v) is 6.15. The molecule has 0 aliphatic heterocycles. The first-order chi connectivity index (χ1) is 9.01. The molecule has 1 aromatic carbocycles. The molecule has 0 aromatic heterocycles. The molecule has 0 heterocycles. The van der Waals surface area contributed by atoms with E-state index in [-0.39, 0.29) is 6.42 Å². The van der Waals surface area contributed by atoms with Gasteiger partial charge in [-0.2, -0.15) is 0 Å². The number of methoxy groups -OCH3 is 2. The summed E-state index contributed by atoms with van der Waals surface area (Å²) in [5.41, 5.74) is 1.87. The Hall–Kier alpha value is -1.91. The number of rotatable bonds is 7. The van der Waals surface area contributed by atoms with Gasteiger partial charge in [-0.1, -0.05) is 0 Å². The molecule has 0 saturated carbocycles. The minimum atomic E-state index is -0.772. The van der Waals surface area contributed by atoms with Crippen molar-refractivity contribution in [1.82, 2.24) is 0 Å². The summed E-state index contributed by atoms with van der Waals surface area (Å²) < 4.78 is 10.7. The van der Waals surface area contributed by atoms with Gasteiger partial charge in [-0.25, -0.2) is 0 Å². The lowest BCUT2D eigenvalue weighted by molar-refractivity contribution is -0.137. The molecule has 5 nitrogen and oxygen atoms in total. The largest absolute Gasteiger partial charge is 0.496 e. The summed E-state index contributed by atoms with van der Waals surface area (Å²) in [4.78, 5) is 12.5. The van der Waals surface area contributed by atoms with Crippen LogP contribution in [0.2, 0.25) is 0 Å². The molecule has 0 radical (unpaired) electrons. The Morgan fingerprint density at radius 3 is 2.53 bits per heavy atom. The highest BCUT2D eigenvalue weighted by molar-refractivity contribution is 5.67. The second-order valence-corrected chi connectivity index (χ2v) is 4.36. The molecular formula is C14H21NO4. The number of carboxylic acids is 1. The molecule has 19 heavy (non-hydrogen) atoms. The summed E-state index contributed by atoms with van der Waals surface area (Å²) in [5, 5.41) is 8.65. The van der Waals surface area contributed by atoms with E-state index in [1.165, 1.54) is 0 Å². The highest BCUT2D eigenvalue weighted by Gasteiger charge is 2.14. The van der Waals surface area contributed by atoms with Gasteiger partial charge in [0.05, 0.1) is 19.9 Å². The number of nitrogens with zero attached hydrogens (tertiary/aromatic N) is 1. The molecule has 0 unspecified atom stereocenters. The molecular weight excluding hydrogens is 246 g/mol. The monoisotopic (exact) mass is 267 g/mol. The van der Waals surface area contributed by atoms with Gasteiger partial charge in [0.15, 0.2) is 0 Å². The van der Waals surface area contributed by atoms with E-state index in [1.54, 1.807) is 14.2 Å². The second-order valence-electron chi connectivity index (χ2n) is 4.36. The van der Waals surface area contributed by atoms with E-state index in [0.717, 1.165) is 22.7 Å². The van der Waals surface area contributed by atoms with Crippen LogP contribution in [0, 0.1) is 6.92 Å². The fourth-order valence-corrected chi connectivity index (χ4v) is 2.03. The number of hydrogen-bond acceptors (Lipinski definition) is 4. The maximum absolute atomic E-state index is 10.5. The molecule has 1 N–H and O–H groups in total. The summed E-state index contributed by atoms with van der Waals surface area (Å²) in [5.74, 6) is 0.767. The molecule has 0 saturated heterocycles. The number of benzene rings is 1. The van der Waals surface area contributed by atoms with Gasteiger partial charge < -0.3 is 19.5 Å². The lowest BCUT2D eigenvalue weighted by Gasteiger charge is -2.23. The topological polar surface area (TPSA) is 59.0 Å². The quantitative estimate of drug-likeness (QED) is 0.821. The van der Waals surface area contributed by atoms with E-state index in [1.807, 2.05) is 31.0 Å². The van der Waals surface area contributed by atoms with Crippen LogP contribution in [-0.4, -0.2) is 38.9 Å². The number of carbonyl (C=O) groups is 1. The molecule has 0 bridgehead atoms. The zero-order valence-corrected chi connectivity index (χ0v) is 11.9. The van der Waals surface area contributed by atoms with E-state index in [4.69, 9.17) is 14.6 Å². The van der Waals surface area contributed by atoms with Gasteiger partial charge in [0.25, 0.3) is 0 Å². The molecule has 0 aliphatic carbocycles. The van der Waals surface area contributed by atoms with Crippen LogP contribution in [0.5, 0.6) is 11.5 Å². The van der Waals surface area contributed by atoms with E-state index in [2.05, 4.69) is 0 Å². The van der Waals surface area contributed by atoms with Gasteiger partial charge in [0.1, 0.15) is 11.5 Å². The van der Waals surface area contributed by atoms with Gasteiger partial charge in [-0.05, 0) is 25.5 Å². The fraction of sp³-hybridized carbons (Fsp3) is 0.500. The van der Waals surface area contributed by atoms with E-state index in [0.29, 0.717) is 13.0 Å². The highest BCUT2D eigenvalue weighted by Crippen LogP contribution is 2.36.